The lowest BCUT2D eigenvalue weighted by molar-refractivity contribution is -0.137. The number of alkyl halides is 3. The van der Waals surface area contributed by atoms with Crippen LogP contribution in [0.25, 0.3) is 0 Å². The van der Waals surface area contributed by atoms with Crippen LogP contribution in [0.3, 0.4) is 0 Å². The van der Waals surface area contributed by atoms with E-state index in [9.17, 15) is 18.3 Å². The minimum atomic E-state index is -4.39. The molecule has 194 valence electrons. The van der Waals surface area contributed by atoms with Crippen molar-refractivity contribution in [2.45, 2.75) is 31.7 Å². The van der Waals surface area contributed by atoms with E-state index in [1.165, 1.54) is 12.1 Å². The Morgan fingerprint density at radius 3 is 2.17 bits per heavy atom. The maximum absolute atomic E-state index is 12.9. The van der Waals surface area contributed by atoms with Crippen molar-refractivity contribution in [1.82, 2.24) is 4.90 Å². The Labute approximate surface area is 210 Å². The van der Waals surface area contributed by atoms with Crippen LogP contribution in [-0.4, -0.2) is 49.4 Å². The summed E-state index contributed by atoms with van der Waals surface area (Å²) in [5.41, 5.74) is 1.22. The predicted octanol–water partition coefficient (Wildman–Crippen LogP) is 6.02. The van der Waals surface area contributed by atoms with Gasteiger partial charge in [0.1, 0.15) is 30.3 Å². The Morgan fingerprint density at radius 1 is 0.917 bits per heavy atom. The minimum Gasteiger partial charge on any atom is -0.491 e. The van der Waals surface area contributed by atoms with Crippen molar-refractivity contribution in [3.63, 3.8) is 0 Å². The maximum atomic E-state index is 12.9. The highest BCUT2D eigenvalue weighted by molar-refractivity contribution is 5.46. The van der Waals surface area contributed by atoms with Crippen molar-refractivity contribution in [2.75, 3.05) is 38.6 Å². The molecular weight excluding hydrogens is 469 g/mol. The molecule has 8 heteroatoms. The molecule has 36 heavy (non-hydrogen) atoms. The maximum Gasteiger partial charge on any atom is 0.416 e. The Hall–Kier alpha value is -3.23. The Bertz CT molecular complexity index is 1030. The molecular formula is C28H33F3N2O3. The van der Waals surface area contributed by atoms with Gasteiger partial charge in [-0.2, -0.15) is 13.2 Å². The average molecular weight is 503 g/mol. The average Bonchev–Trinajstić information content (AvgIpc) is 2.86. The van der Waals surface area contributed by atoms with Crippen molar-refractivity contribution < 1.29 is 27.8 Å². The Kier molecular flexibility index (Phi) is 10.0. The monoisotopic (exact) mass is 502 g/mol. The van der Waals surface area contributed by atoms with Crippen LogP contribution in [0, 0.1) is 0 Å². The zero-order valence-corrected chi connectivity index (χ0v) is 20.5. The highest BCUT2D eigenvalue weighted by atomic mass is 19.4. The van der Waals surface area contributed by atoms with Crippen LogP contribution in [0.4, 0.5) is 18.9 Å². The van der Waals surface area contributed by atoms with Gasteiger partial charge >= 0.3 is 6.18 Å². The van der Waals surface area contributed by atoms with Gasteiger partial charge < -0.3 is 24.8 Å². The standard InChI is InChI=1S/C28H33F3N2O3/c1-3-32-23-11-15-25(16-12-23)35-20-24(34)19-33(2)18-17-27(21-7-5-4-6-8-21)36-26-13-9-22(10-14-26)28(29,30)31/h4-16,24,27,32,34H,3,17-20H2,1-2H3. The summed E-state index contributed by atoms with van der Waals surface area (Å²) in [6.07, 6.45) is -4.84. The number of nitrogens with zero attached hydrogens (tertiary/aromatic N) is 1. The third kappa shape index (κ3) is 8.77. The van der Waals surface area contributed by atoms with E-state index >= 15 is 0 Å². The number of aliphatic hydroxyl groups excluding tert-OH is 1. The number of likely N-dealkylation sites (N-methyl/N-ethyl adjacent to an activating group) is 1. The van der Waals surface area contributed by atoms with Gasteiger partial charge in [-0.1, -0.05) is 30.3 Å². The van der Waals surface area contributed by atoms with E-state index in [4.69, 9.17) is 9.47 Å². The van der Waals surface area contributed by atoms with E-state index in [1.54, 1.807) is 0 Å². The molecule has 2 unspecified atom stereocenters. The fourth-order valence-corrected chi connectivity index (χ4v) is 3.76. The van der Waals surface area contributed by atoms with Crippen molar-refractivity contribution in [3.05, 3.63) is 90.0 Å². The van der Waals surface area contributed by atoms with Crippen LogP contribution < -0.4 is 14.8 Å². The van der Waals surface area contributed by atoms with E-state index in [-0.39, 0.29) is 12.7 Å². The highest BCUT2D eigenvalue weighted by Crippen LogP contribution is 2.32. The minimum absolute atomic E-state index is 0.162. The first kappa shape index (κ1) is 27.4. The summed E-state index contributed by atoms with van der Waals surface area (Å²) in [7, 11) is 1.90. The molecule has 5 nitrogen and oxygen atoms in total. The topological polar surface area (TPSA) is 54.0 Å². The second-order valence-electron chi connectivity index (χ2n) is 8.61. The van der Waals surface area contributed by atoms with Crippen LogP contribution in [-0.2, 0) is 6.18 Å². The summed E-state index contributed by atoms with van der Waals surface area (Å²) >= 11 is 0. The zero-order chi connectivity index (χ0) is 26.0. The summed E-state index contributed by atoms with van der Waals surface area (Å²) in [4.78, 5) is 1.98. The zero-order valence-electron chi connectivity index (χ0n) is 20.5. The molecule has 2 atom stereocenters. The van der Waals surface area contributed by atoms with E-state index in [0.29, 0.717) is 31.0 Å². The van der Waals surface area contributed by atoms with Gasteiger partial charge in [-0.15, -0.1) is 0 Å². The number of rotatable bonds is 13. The molecule has 0 aliphatic rings. The molecule has 3 aromatic rings. The molecule has 0 saturated carbocycles. The number of nitrogens with one attached hydrogen (secondary N) is 1. The Balaban J connectivity index is 1.52. The summed E-state index contributed by atoms with van der Waals surface area (Å²) in [6, 6.07) is 21.9. The summed E-state index contributed by atoms with van der Waals surface area (Å²) in [6.45, 7) is 4.03. The number of aliphatic hydroxyl groups is 1. The SMILES string of the molecule is CCNc1ccc(OCC(O)CN(C)CCC(Oc2ccc(C(F)(F)F)cc2)c2ccccc2)cc1. The van der Waals surface area contributed by atoms with Gasteiger partial charge in [-0.25, -0.2) is 0 Å². The molecule has 0 aliphatic heterocycles. The van der Waals surface area contributed by atoms with Gasteiger partial charge in [0.2, 0.25) is 0 Å². The lowest BCUT2D eigenvalue weighted by Gasteiger charge is -2.25. The first-order chi connectivity index (χ1) is 17.2. The van der Waals surface area contributed by atoms with E-state index in [1.807, 2.05) is 73.5 Å². The van der Waals surface area contributed by atoms with Gasteiger partial charge in [-0.3, -0.25) is 0 Å². The summed E-state index contributed by atoms with van der Waals surface area (Å²) in [5, 5.41) is 13.6. The second-order valence-corrected chi connectivity index (χ2v) is 8.61. The molecule has 0 fully saturated rings. The fourth-order valence-electron chi connectivity index (χ4n) is 3.76. The first-order valence-electron chi connectivity index (χ1n) is 12.0. The van der Waals surface area contributed by atoms with Crippen LogP contribution in [0.15, 0.2) is 78.9 Å². The van der Waals surface area contributed by atoms with Gasteiger partial charge in [0.25, 0.3) is 0 Å². The lowest BCUT2D eigenvalue weighted by Crippen LogP contribution is -2.34. The van der Waals surface area contributed by atoms with Crippen LogP contribution in [0.5, 0.6) is 11.5 Å². The van der Waals surface area contributed by atoms with Crippen molar-refractivity contribution in [1.29, 1.82) is 0 Å². The van der Waals surface area contributed by atoms with E-state index in [0.717, 1.165) is 29.9 Å². The smallest absolute Gasteiger partial charge is 0.416 e. The summed E-state index contributed by atoms with van der Waals surface area (Å²) in [5.74, 6) is 1.06. The lowest BCUT2D eigenvalue weighted by atomic mass is 10.1. The largest absolute Gasteiger partial charge is 0.491 e. The third-order valence-corrected chi connectivity index (χ3v) is 5.60. The summed E-state index contributed by atoms with van der Waals surface area (Å²) < 4.78 is 50.4. The quantitative estimate of drug-likeness (QED) is 0.299. The van der Waals surface area contributed by atoms with Gasteiger partial charge in [-0.05, 0) is 68.1 Å². The van der Waals surface area contributed by atoms with Crippen molar-refractivity contribution in [2.24, 2.45) is 0 Å². The highest BCUT2D eigenvalue weighted by Gasteiger charge is 2.30. The fraction of sp³-hybridized carbons (Fsp3) is 0.357. The number of hydrogen-bond donors (Lipinski definition) is 2. The number of ether oxygens (including phenoxy) is 2. The third-order valence-electron chi connectivity index (χ3n) is 5.60. The normalized spacial score (nSPS) is 13.3. The Morgan fingerprint density at radius 2 is 1.56 bits per heavy atom. The number of anilines is 1. The van der Waals surface area contributed by atoms with Gasteiger partial charge in [0.15, 0.2) is 0 Å². The molecule has 0 bridgehead atoms. The second kappa shape index (κ2) is 13.2. The van der Waals surface area contributed by atoms with E-state index < -0.39 is 17.8 Å². The van der Waals surface area contributed by atoms with Gasteiger partial charge in [0, 0.05) is 31.7 Å². The van der Waals surface area contributed by atoms with E-state index in [2.05, 4.69) is 5.32 Å². The van der Waals surface area contributed by atoms with Gasteiger partial charge in [0.05, 0.1) is 5.56 Å². The molecule has 3 rings (SSSR count). The number of benzene rings is 3. The molecule has 0 aromatic heterocycles. The molecule has 0 heterocycles. The van der Waals surface area contributed by atoms with Crippen LogP contribution >= 0.6 is 0 Å². The molecule has 3 aromatic carbocycles. The molecule has 0 spiro atoms. The molecule has 2 N–H and O–H groups in total. The molecule has 0 aliphatic carbocycles. The number of hydrogen-bond acceptors (Lipinski definition) is 5. The molecule has 0 amide bonds. The molecule has 0 radical (unpaired) electrons. The molecule has 0 saturated heterocycles. The van der Waals surface area contributed by atoms with Crippen molar-refractivity contribution >= 4 is 5.69 Å². The first-order valence-corrected chi connectivity index (χ1v) is 12.0. The van der Waals surface area contributed by atoms with Crippen LogP contribution in [0.2, 0.25) is 0 Å². The predicted molar refractivity (Wildman–Crippen MR) is 135 cm³/mol. The number of halogens is 3. The van der Waals surface area contributed by atoms with Crippen LogP contribution in [0.1, 0.15) is 30.6 Å². The van der Waals surface area contributed by atoms with Crippen molar-refractivity contribution in [3.8, 4) is 11.5 Å².